The number of nitrogens with zero attached hydrogens (tertiary/aromatic N) is 1. The maximum atomic E-state index is 11.9. The number of hydrogen-bond donors (Lipinski definition) is 1. The molecular weight excluding hydrogens is 260 g/mol. The van der Waals surface area contributed by atoms with Crippen molar-refractivity contribution >= 4 is 21.6 Å². The Hall–Kier alpha value is -2.14. The number of benzene rings is 1. The van der Waals surface area contributed by atoms with Crippen LogP contribution in [0.1, 0.15) is 6.92 Å². The molecule has 3 aromatic rings. The number of hydrogen-bond acceptors (Lipinski definition) is 4. The molecule has 2 heterocycles. The molecule has 0 saturated carbocycles. The van der Waals surface area contributed by atoms with Gasteiger partial charge >= 0.3 is 0 Å². The Kier molecular flexibility index (Phi) is 3.05. The number of thiophene rings is 1. The van der Waals surface area contributed by atoms with E-state index in [1.165, 1.54) is 11.3 Å². The molecule has 0 aliphatic rings. The minimum absolute atomic E-state index is 0.102. The van der Waals surface area contributed by atoms with Gasteiger partial charge in [0, 0.05) is 5.56 Å². The van der Waals surface area contributed by atoms with E-state index < -0.39 is 0 Å². The molecule has 0 atom stereocenters. The lowest BCUT2D eigenvalue weighted by Crippen LogP contribution is -2.07. The molecular formula is C14H12N2O2S. The van der Waals surface area contributed by atoms with Gasteiger partial charge in [-0.05, 0) is 42.6 Å². The van der Waals surface area contributed by atoms with Gasteiger partial charge in [0.25, 0.3) is 5.56 Å². The highest BCUT2D eigenvalue weighted by Crippen LogP contribution is 2.21. The summed E-state index contributed by atoms with van der Waals surface area (Å²) in [6.07, 6.45) is 0. The number of aromatic amines is 1. The maximum absolute atomic E-state index is 11.9. The highest BCUT2D eigenvalue weighted by Gasteiger charge is 2.06. The number of ether oxygens (including phenoxy) is 1. The molecule has 0 bridgehead atoms. The van der Waals surface area contributed by atoms with E-state index in [9.17, 15) is 4.79 Å². The second kappa shape index (κ2) is 4.85. The molecule has 0 saturated heterocycles. The zero-order valence-electron chi connectivity index (χ0n) is 10.3. The Balaban J connectivity index is 2.05. The lowest BCUT2D eigenvalue weighted by Gasteiger charge is -2.04. The van der Waals surface area contributed by atoms with Gasteiger partial charge in [0.2, 0.25) is 0 Å². The van der Waals surface area contributed by atoms with E-state index in [0.29, 0.717) is 17.8 Å². The van der Waals surface area contributed by atoms with E-state index in [1.807, 2.05) is 36.6 Å². The fraction of sp³-hybridized carbons (Fsp3) is 0.143. The molecule has 96 valence electrons. The van der Waals surface area contributed by atoms with Crippen molar-refractivity contribution in [3.8, 4) is 17.1 Å². The summed E-state index contributed by atoms with van der Waals surface area (Å²) >= 11 is 1.47. The van der Waals surface area contributed by atoms with Crippen LogP contribution in [-0.4, -0.2) is 16.6 Å². The van der Waals surface area contributed by atoms with Crippen LogP contribution in [0.2, 0.25) is 0 Å². The Morgan fingerprint density at radius 1 is 1.26 bits per heavy atom. The molecule has 1 aromatic carbocycles. The van der Waals surface area contributed by atoms with Crippen molar-refractivity contribution < 1.29 is 4.74 Å². The predicted octanol–water partition coefficient (Wildman–Crippen LogP) is 3.05. The number of aromatic nitrogens is 2. The maximum Gasteiger partial charge on any atom is 0.259 e. The van der Waals surface area contributed by atoms with Crippen molar-refractivity contribution in [2.45, 2.75) is 6.92 Å². The van der Waals surface area contributed by atoms with E-state index in [-0.39, 0.29) is 5.56 Å². The molecule has 5 heteroatoms. The summed E-state index contributed by atoms with van der Waals surface area (Å²) in [6, 6.07) is 9.31. The van der Waals surface area contributed by atoms with E-state index in [1.54, 1.807) is 6.07 Å². The Morgan fingerprint density at radius 3 is 2.79 bits per heavy atom. The van der Waals surface area contributed by atoms with Crippen LogP contribution in [0.4, 0.5) is 0 Å². The summed E-state index contributed by atoms with van der Waals surface area (Å²) in [5.74, 6) is 1.40. The average molecular weight is 272 g/mol. The van der Waals surface area contributed by atoms with Crippen LogP contribution in [0, 0.1) is 0 Å². The van der Waals surface area contributed by atoms with Gasteiger partial charge in [-0.3, -0.25) is 4.79 Å². The average Bonchev–Trinajstić information content (AvgIpc) is 2.89. The summed E-state index contributed by atoms with van der Waals surface area (Å²) in [5, 5.41) is 2.51. The third-order valence-electron chi connectivity index (χ3n) is 2.77. The molecule has 19 heavy (non-hydrogen) atoms. The highest BCUT2D eigenvalue weighted by molar-refractivity contribution is 7.16. The van der Waals surface area contributed by atoms with Gasteiger partial charge in [0.15, 0.2) is 0 Å². The van der Waals surface area contributed by atoms with E-state index >= 15 is 0 Å². The second-order valence-corrected chi connectivity index (χ2v) is 4.91. The lowest BCUT2D eigenvalue weighted by atomic mass is 10.2. The molecule has 0 unspecified atom stereocenters. The van der Waals surface area contributed by atoms with E-state index in [0.717, 1.165) is 16.1 Å². The van der Waals surface area contributed by atoms with Gasteiger partial charge in [0.05, 0.1) is 12.0 Å². The minimum Gasteiger partial charge on any atom is -0.494 e. The van der Waals surface area contributed by atoms with Gasteiger partial charge in [-0.25, -0.2) is 4.98 Å². The lowest BCUT2D eigenvalue weighted by molar-refractivity contribution is 0.340. The summed E-state index contributed by atoms with van der Waals surface area (Å²) < 4.78 is 5.39. The zero-order chi connectivity index (χ0) is 13.2. The van der Waals surface area contributed by atoms with Gasteiger partial charge < -0.3 is 9.72 Å². The monoisotopic (exact) mass is 272 g/mol. The Bertz CT molecular complexity index is 759. The number of fused-ring (bicyclic) bond motifs is 1. The predicted molar refractivity (Wildman–Crippen MR) is 76.8 cm³/mol. The Morgan fingerprint density at radius 2 is 2.05 bits per heavy atom. The molecule has 0 aliphatic carbocycles. The zero-order valence-corrected chi connectivity index (χ0v) is 11.2. The van der Waals surface area contributed by atoms with Crippen LogP contribution >= 0.6 is 11.3 Å². The third kappa shape index (κ3) is 2.24. The van der Waals surface area contributed by atoms with Crippen LogP contribution in [-0.2, 0) is 0 Å². The van der Waals surface area contributed by atoms with Crippen LogP contribution in [0.25, 0.3) is 21.6 Å². The normalized spacial score (nSPS) is 10.8. The number of nitrogens with one attached hydrogen (secondary N) is 1. The quantitative estimate of drug-likeness (QED) is 0.797. The molecule has 0 fully saturated rings. The van der Waals surface area contributed by atoms with Crippen LogP contribution in [0.3, 0.4) is 0 Å². The summed E-state index contributed by atoms with van der Waals surface area (Å²) in [7, 11) is 0. The van der Waals surface area contributed by atoms with Crippen LogP contribution in [0.5, 0.6) is 5.75 Å². The topological polar surface area (TPSA) is 55.0 Å². The van der Waals surface area contributed by atoms with Gasteiger partial charge in [-0.2, -0.15) is 0 Å². The van der Waals surface area contributed by atoms with Crippen molar-refractivity contribution in [1.82, 2.24) is 9.97 Å². The molecule has 3 rings (SSSR count). The Labute approximate surface area is 113 Å². The third-order valence-corrected chi connectivity index (χ3v) is 3.58. The first kappa shape index (κ1) is 11.9. The molecule has 0 spiro atoms. The molecule has 0 aliphatic heterocycles. The first-order valence-corrected chi connectivity index (χ1v) is 6.86. The van der Waals surface area contributed by atoms with Gasteiger partial charge in [-0.15, -0.1) is 11.3 Å². The van der Waals surface area contributed by atoms with Crippen molar-refractivity contribution in [2.75, 3.05) is 6.61 Å². The smallest absolute Gasteiger partial charge is 0.259 e. The standard InChI is InChI=1S/C14H12N2O2S/c1-2-18-10-5-3-9(4-6-10)12-15-13(17)11-7-8-19-14(11)16-12/h3-8H,2H2,1H3,(H,15,16,17). The van der Waals surface area contributed by atoms with Gasteiger partial charge in [-0.1, -0.05) is 0 Å². The summed E-state index contributed by atoms with van der Waals surface area (Å²) in [4.78, 5) is 19.9. The molecule has 1 N–H and O–H groups in total. The van der Waals surface area contributed by atoms with Crippen molar-refractivity contribution in [3.63, 3.8) is 0 Å². The fourth-order valence-corrected chi connectivity index (χ4v) is 2.64. The van der Waals surface area contributed by atoms with Gasteiger partial charge in [0.1, 0.15) is 16.4 Å². The molecule has 2 aromatic heterocycles. The van der Waals surface area contributed by atoms with E-state index in [4.69, 9.17) is 4.74 Å². The van der Waals surface area contributed by atoms with E-state index in [2.05, 4.69) is 9.97 Å². The van der Waals surface area contributed by atoms with Crippen molar-refractivity contribution in [3.05, 3.63) is 46.1 Å². The number of H-pyrrole nitrogens is 1. The minimum atomic E-state index is -0.102. The first-order chi connectivity index (χ1) is 9.28. The molecule has 4 nitrogen and oxygen atoms in total. The highest BCUT2D eigenvalue weighted by atomic mass is 32.1. The second-order valence-electron chi connectivity index (χ2n) is 4.01. The number of rotatable bonds is 3. The summed E-state index contributed by atoms with van der Waals surface area (Å²) in [5.41, 5.74) is 0.769. The van der Waals surface area contributed by atoms with Crippen LogP contribution < -0.4 is 10.3 Å². The molecule has 0 radical (unpaired) electrons. The largest absolute Gasteiger partial charge is 0.494 e. The van der Waals surface area contributed by atoms with Crippen molar-refractivity contribution in [2.24, 2.45) is 0 Å². The fourth-order valence-electron chi connectivity index (χ4n) is 1.88. The SMILES string of the molecule is CCOc1ccc(-c2nc3sccc3c(=O)[nH]2)cc1. The van der Waals surface area contributed by atoms with Crippen LogP contribution in [0.15, 0.2) is 40.5 Å². The summed E-state index contributed by atoms with van der Waals surface area (Å²) in [6.45, 7) is 2.58. The first-order valence-electron chi connectivity index (χ1n) is 5.98. The molecule has 0 amide bonds. The van der Waals surface area contributed by atoms with Crippen molar-refractivity contribution in [1.29, 1.82) is 0 Å².